The highest BCUT2D eigenvalue weighted by molar-refractivity contribution is 5.19. The van der Waals surface area contributed by atoms with Crippen LogP contribution in [0.25, 0.3) is 0 Å². The number of aromatic nitrogens is 1. The third kappa shape index (κ3) is 3.03. The lowest BCUT2D eigenvalue weighted by molar-refractivity contribution is -0.00838. The van der Waals surface area contributed by atoms with E-state index in [1.165, 1.54) is 5.56 Å². The van der Waals surface area contributed by atoms with Crippen molar-refractivity contribution in [2.24, 2.45) is 0 Å². The minimum atomic E-state index is 0.515. The minimum absolute atomic E-state index is 0.515. The van der Waals surface area contributed by atoms with Gasteiger partial charge in [0, 0.05) is 26.4 Å². The van der Waals surface area contributed by atoms with Crippen molar-refractivity contribution in [3.8, 4) is 5.88 Å². The van der Waals surface area contributed by atoms with E-state index in [0.717, 1.165) is 0 Å². The number of hydrogen-bond acceptors (Lipinski definition) is 3. The molecule has 0 fully saturated rings. The van der Waals surface area contributed by atoms with Crippen molar-refractivity contribution >= 4 is 0 Å². The summed E-state index contributed by atoms with van der Waals surface area (Å²) >= 11 is 0. The summed E-state index contributed by atoms with van der Waals surface area (Å²) in [7, 11) is 3.66. The molecule has 0 aromatic carbocycles. The van der Waals surface area contributed by atoms with Gasteiger partial charge in [-0.3, -0.25) is 0 Å². The number of hydroxylamine groups is 2. The molecule has 3 nitrogen and oxygen atoms in total. The Morgan fingerprint density at radius 3 is 2.38 bits per heavy atom. The van der Waals surface area contributed by atoms with E-state index in [2.05, 4.69) is 18.8 Å². The Hall–Kier alpha value is -1.09. The maximum absolute atomic E-state index is 5.27. The van der Waals surface area contributed by atoms with Crippen molar-refractivity contribution in [1.82, 2.24) is 10.0 Å². The van der Waals surface area contributed by atoms with Gasteiger partial charge in [0.2, 0.25) is 5.88 Å². The van der Waals surface area contributed by atoms with E-state index >= 15 is 0 Å². The molecule has 0 saturated heterocycles. The lowest BCUT2D eigenvalue weighted by Gasteiger charge is -2.11. The molecule has 0 aliphatic carbocycles. The van der Waals surface area contributed by atoms with Gasteiger partial charge in [0.15, 0.2) is 0 Å². The molecule has 1 aromatic rings. The van der Waals surface area contributed by atoms with Crippen molar-refractivity contribution in [2.45, 2.75) is 19.8 Å². The van der Waals surface area contributed by atoms with Gasteiger partial charge in [-0.25, -0.2) is 4.98 Å². The van der Waals surface area contributed by atoms with Gasteiger partial charge >= 0.3 is 0 Å². The molecule has 0 atom stereocenters. The third-order valence-electron chi connectivity index (χ3n) is 1.70. The van der Waals surface area contributed by atoms with E-state index in [1.807, 2.05) is 32.4 Å². The van der Waals surface area contributed by atoms with E-state index in [0.29, 0.717) is 11.8 Å². The van der Waals surface area contributed by atoms with Gasteiger partial charge in [-0.2, -0.15) is 0 Å². The first-order valence-electron chi connectivity index (χ1n) is 4.41. The number of pyridine rings is 1. The van der Waals surface area contributed by atoms with E-state index in [4.69, 9.17) is 4.84 Å². The SMILES string of the molecule is CC(C)c1ccc(ON(C)C)nc1. The van der Waals surface area contributed by atoms with Gasteiger partial charge in [0.25, 0.3) is 0 Å². The van der Waals surface area contributed by atoms with E-state index in [-0.39, 0.29) is 0 Å². The molecule has 1 rings (SSSR count). The average Bonchev–Trinajstić information content (AvgIpc) is 2.04. The van der Waals surface area contributed by atoms with Gasteiger partial charge in [-0.15, -0.1) is 5.06 Å². The molecule has 3 heteroatoms. The molecule has 0 aliphatic heterocycles. The van der Waals surface area contributed by atoms with Crippen LogP contribution in [-0.2, 0) is 0 Å². The Kier molecular flexibility index (Phi) is 3.25. The molecule has 0 saturated carbocycles. The van der Waals surface area contributed by atoms with Crippen LogP contribution in [0.1, 0.15) is 25.3 Å². The molecule has 1 heterocycles. The van der Waals surface area contributed by atoms with E-state index < -0.39 is 0 Å². The predicted octanol–water partition coefficient (Wildman–Crippen LogP) is 2.06. The van der Waals surface area contributed by atoms with E-state index in [1.54, 1.807) is 5.06 Å². The summed E-state index contributed by atoms with van der Waals surface area (Å²) in [5.74, 6) is 1.15. The summed E-state index contributed by atoms with van der Waals surface area (Å²) in [5.41, 5.74) is 1.23. The summed E-state index contributed by atoms with van der Waals surface area (Å²) in [6, 6.07) is 3.92. The van der Waals surface area contributed by atoms with Crippen molar-refractivity contribution in [3.05, 3.63) is 23.9 Å². The highest BCUT2D eigenvalue weighted by Gasteiger charge is 2.01. The molecule has 72 valence electrons. The van der Waals surface area contributed by atoms with Gasteiger partial charge in [-0.05, 0) is 11.5 Å². The Bertz CT molecular complexity index is 254. The zero-order valence-corrected chi connectivity index (χ0v) is 8.61. The third-order valence-corrected chi connectivity index (χ3v) is 1.70. The first-order valence-corrected chi connectivity index (χ1v) is 4.41. The van der Waals surface area contributed by atoms with Crippen molar-refractivity contribution < 1.29 is 4.84 Å². The molecule has 0 N–H and O–H groups in total. The molecular formula is C10H16N2O. The zero-order valence-electron chi connectivity index (χ0n) is 8.61. The van der Waals surface area contributed by atoms with Crippen LogP contribution >= 0.6 is 0 Å². The maximum atomic E-state index is 5.27. The molecular weight excluding hydrogens is 164 g/mol. The molecule has 0 radical (unpaired) electrons. The second-order valence-electron chi connectivity index (χ2n) is 3.49. The fourth-order valence-corrected chi connectivity index (χ4v) is 0.974. The molecule has 1 aromatic heterocycles. The van der Waals surface area contributed by atoms with Crippen LogP contribution in [0.2, 0.25) is 0 Å². The topological polar surface area (TPSA) is 25.4 Å². The summed E-state index contributed by atoms with van der Waals surface area (Å²) in [5, 5.41) is 1.62. The highest BCUT2D eigenvalue weighted by Crippen LogP contribution is 2.15. The van der Waals surface area contributed by atoms with Crippen molar-refractivity contribution in [2.75, 3.05) is 14.1 Å². The first-order chi connectivity index (χ1) is 6.09. The molecule has 13 heavy (non-hydrogen) atoms. The van der Waals surface area contributed by atoms with Crippen molar-refractivity contribution in [1.29, 1.82) is 0 Å². The molecule has 0 amide bonds. The Labute approximate surface area is 79.3 Å². The van der Waals surface area contributed by atoms with Crippen LogP contribution < -0.4 is 4.84 Å². The summed E-state index contributed by atoms with van der Waals surface area (Å²) in [6.45, 7) is 4.28. The average molecular weight is 180 g/mol. The van der Waals surface area contributed by atoms with Crippen LogP contribution in [0, 0.1) is 0 Å². The fourth-order valence-electron chi connectivity index (χ4n) is 0.974. The smallest absolute Gasteiger partial charge is 0.238 e. The minimum Gasteiger partial charge on any atom is -0.386 e. The fraction of sp³-hybridized carbons (Fsp3) is 0.500. The normalized spacial score (nSPS) is 10.9. The van der Waals surface area contributed by atoms with Crippen LogP contribution in [0.15, 0.2) is 18.3 Å². The van der Waals surface area contributed by atoms with Crippen LogP contribution in [0.5, 0.6) is 5.88 Å². The first kappa shape index (κ1) is 9.99. The second-order valence-corrected chi connectivity index (χ2v) is 3.49. The lowest BCUT2D eigenvalue weighted by atomic mass is 10.1. The van der Waals surface area contributed by atoms with Crippen LogP contribution in [0.4, 0.5) is 0 Å². The Balaban J connectivity index is 2.70. The summed E-state index contributed by atoms with van der Waals surface area (Å²) < 4.78 is 0. The van der Waals surface area contributed by atoms with Crippen LogP contribution in [-0.4, -0.2) is 24.1 Å². The molecule has 0 spiro atoms. The monoisotopic (exact) mass is 180 g/mol. The Morgan fingerprint density at radius 1 is 1.31 bits per heavy atom. The predicted molar refractivity (Wildman–Crippen MR) is 52.6 cm³/mol. The zero-order chi connectivity index (χ0) is 9.84. The van der Waals surface area contributed by atoms with Crippen molar-refractivity contribution in [3.63, 3.8) is 0 Å². The summed E-state index contributed by atoms with van der Waals surface area (Å²) in [6.07, 6.45) is 1.85. The summed E-state index contributed by atoms with van der Waals surface area (Å²) in [4.78, 5) is 9.45. The highest BCUT2D eigenvalue weighted by atomic mass is 16.7. The number of nitrogens with zero attached hydrogens (tertiary/aromatic N) is 2. The Morgan fingerprint density at radius 2 is 2.00 bits per heavy atom. The number of rotatable bonds is 3. The molecule has 0 unspecified atom stereocenters. The maximum Gasteiger partial charge on any atom is 0.238 e. The second kappa shape index (κ2) is 4.23. The van der Waals surface area contributed by atoms with Gasteiger partial charge in [0.1, 0.15) is 0 Å². The van der Waals surface area contributed by atoms with E-state index in [9.17, 15) is 0 Å². The largest absolute Gasteiger partial charge is 0.386 e. The lowest BCUT2D eigenvalue weighted by Crippen LogP contribution is -2.16. The number of hydrogen-bond donors (Lipinski definition) is 0. The quantitative estimate of drug-likeness (QED) is 0.666. The van der Waals surface area contributed by atoms with Gasteiger partial charge < -0.3 is 4.84 Å². The van der Waals surface area contributed by atoms with Crippen LogP contribution in [0.3, 0.4) is 0 Å². The van der Waals surface area contributed by atoms with Gasteiger partial charge in [0.05, 0.1) is 0 Å². The standard InChI is InChI=1S/C10H16N2O/c1-8(2)9-5-6-10(11-7-9)13-12(3)4/h5-8H,1-4H3. The van der Waals surface area contributed by atoms with Gasteiger partial charge in [-0.1, -0.05) is 19.9 Å². The molecule has 0 bridgehead atoms. The molecule has 0 aliphatic rings.